The molecule has 1 saturated heterocycles. The van der Waals surface area contributed by atoms with E-state index in [4.69, 9.17) is 16.3 Å². The Morgan fingerprint density at radius 1 is 1.32 bits per heavy atom. The minimum Gasteiger partial charge on any atom is -0.375 e. The standard InChI is InChI=1S/C14H20ClN3O/c1-14(2)8-10(5-6-19-14)16-12-7-11(15)17-13(18-12)9-3-4-9/h7,9-10H,3-6,8H2,1-2H3,(H,16,17,18). The van der Waals surface area contributed by atoms with E-state index < -0.39 is 0 Å². The van der Waals surface area contributed by atoms with E-state index in [1.165, 1.54) is 12.8 Å². The van der Waals surface area contributed by atoms with E-state index >= 15 is 0 Å². The monoisotopic (exact) mass is 281 g/mol. The fourth-order valence-corrected chi connectivity index (χ4v) is 2.79. The fourth-order valence-electron chi connectivity index (χ4n) is 2.60. The summed E-state index contributed by atoms with van der Waals surface area (Å²) in [7, 11) is 0. The number of hydrogen-bond donors (Lipinski definition) is 1. The van der Waals surface area contributed by atoms with E-state index in [1.807, 2.05) is 6.07 Å². The number of rotatable bonds is 3. The number of ether oxygens (including phenoxy) is 1. The second-order valence-electron chi connectivity index (χ2n) is 6.15. The second-order valence-corrected chi connectivity index (χ2v) is 6.54. The Morgan fingerprint density at radius 2 is 2.11 bits per heavy atom. The van der Waals surface area contributed by atoms with E-state index in [9.17, 15) is 0 Å². The lowest BCUT2D eigenvalue weighted by Gasteiger charge is -2.36. The van der Waals surface area contributed by atoms with Gasteiger partial charge in [-0.3, -0.25) is 0 Å². The van der Waals surface area contributed by atoms with Crippen LogP contribution in [0, 0.1) is 0 Å². The molecule has 1 aromatic heterocycles. The minimum atomic E-state index is -0.0634. The van der Waals surface area contributed by atoms with Crippen molar-refractivity contribution in [2.45, 2.75) is 57.1 Å². The van der Waals surface area contributed by atoms with Crippen molar-refractivity contribution in [2.75, 3.05) is 11.9 Å². The van der Waals surface area contributed by atoms with Gasteiger partial charge in [-0.05, 0) is 39.5 Å². The van der Waals surface area contributed by atoms with Gasteiger partial charge < -0.3 is 10.1 Å². The lowest BCUT2D eigenvalue weighted by molar-refractivity contribution is -0.0553. The smallest absolute Gasteiger partial charge is 0.135 e. The fraction of sp³-hybridized carbons (Fsp3) is 0.714. The third-order valence-electron chi connectivity index (χ3n) is 3.70. The SMILES string of the molecule is CC1(C)CC(Nc2cc(Cl)nc(C3CC3)n2)CCO1. The molecule has 1 atom stereocenters. The predicted octanol–water partition coefficient (Wildman–Crippen LogP) is 3.38. The summed E-state index contributed by atoms with van der Waals surface area (Å²) < 4.78 is 5.73. The molecular weight excluding hydrogens is 262 g/mol. The maximum atomic E-state index is 6.08. The molecule has 5 heteroatoms. The van der Waals surface area contributed by atoms with Crippen LogP contribution in [0.2, 0.25) is 5.15 Å². The van der Waals surface area contributed by atoms with Crippen molar-refractivity contribution >= 4 is 17.4 Å². The Hall–Kier alpha value is -0.870. The molecule has 4 nitrogen and oxygen atoms in total. The van der Waals surface area contributed by atoms with Crippen LogP contribution in [-0.4, -0.2) is 28.2 Å². The van der Waals surface area contributed by atoms with Crippen molar-refractivity contribution in [1.82, 2.24) is 9.97 Å². The van der Waals surface area contributed by atoms with Crippen molar-refractivity contribution in [2.24, 2.45) is 0 Å². The summed E-state index contributed by atoms with van der Waals surface area (Å²) in [6.07, 6.45) is 4.35. The normalized spacial score (nSPS) is 26.2. The first-order valence-corrected chi connectivity index (χ1v) is 7.35. The molecule has 0 aromatic carbocycles. The van der Waals surface area contributed by atoms with Crippen molar-refractivity contribution in [3.63, 3.8) is 0 Å². The molecule has 1 aliphatic heterocycles. The van der Waals surface area contributed by atoms with E-state index in [2.05, 4.69) is 29.1 Å². The van der Waals surface area contributed by atoms with Gasteiger partial charge in [0.1, 0.15) is 16.8 Å². The van der Waals surface area contributed by atoms with E-state index in [-0.39, 0.29) is 5.60 Å². The summed E-state index contributed by atoms with van der Waals surface area (Å²) in [4.78, 5) is 8.90. The van der Waals surface area contributed by atoms with Gasteiger partial charge in [0, 0.05) is 24.6 Å². The number of anilines is 1. The zero-order chi connectivity index (χ0) is 13.5. The molecule has 19 heavy (non-hydrogen) atoms. The maximum Gasteiger partial charge on any atom is 0.135 e. The molecule has 0 radical (unpaired) electrons. The Balaban J connectivity index is 1.72. The molecule has 1 N–H and O–H groups in total. The number of halogens is 1. The topological polar surface area (TPSA) is 47.0 Å². The molecule has 0 spiro atoms. The zero-order valence-electron chi connectivity index (χ0n) is 11.4. The van der Waals surface area contributed by atoms with Crippen LogP contribution >= 0.6 is 11.6 Å². The van der Waals surface area contributed by atoms with Crippen molar-refractivity contribution in [3.8, 4) is 0 Å². The average Bonchev–Trinajstić information content (AvgIpc) is 3.10. The van der Waals surface area contributed by atoms with E-state index in [0.29, 0.717) is 17.1 Å². The molecule has 3 rings (SSSR count). The van der Waals surface area contributed by atoms with Gasteiger partial charge in [0.2, 0.25) is 0 Å². The summed E-state index contributed by atoms with van der Waals surface area (Å²) in [5.74, 6) is 2.26. The van der Waals surface area contributed by atoms with Gasteiger partial charge in [-0.15, -0.1) is 0 Å². The number of aromatic nitrogens is 2. The summed E-state index contributed by atoms with van der Waals surface area (Å²) in [5.41, 5.74) is -0.0634. The van der Waals surface area contributed by atoms with Crippen LogP contribution in [0.4, 0.5) is 5.82 Å². The number of nitrogens with zero attached hydrogens (tertiary/aromatic N) is 2. The van der Waals surface area contributed by atoms with Gasteiger partial charge in [-0.1, -0.05) is 11.6 Å². The Kier molecular flexibility index (Phi) is 3.39. The van der Waals surface area contributed by atoms with Gasteiger partial charge in [0.05, 0.1) is 5.60 Å². The molecular formula is C14H20ClN3O. The molecule has 2 fully saturated rings. The molecule has 0 amide bonds. The molecule has 1 unspecified atom stereocenters. The van der Waals surface area contributed by atoms with E-state index in [1.54, 1.807) is 0 Å². The molecule has 2 aliphatic rings. The van der Waals surface area contributed by atoms with Crippen LogP contribution in [0.25, 0.3) is 0 Å². The first kappa shape index (κ1) is 13.1. The largest absolute Gasteiger partial charge is 0.375 e. The molecule has 104 valence electrons. The van der Waals surface area contributed by atoms with Gasteiger partial charge in [0.25, 0.3) is 0 Å². The molecule has 2 heterocycles. The highest BCUT2D eigenvalue weighted by molar-refractivity contribution is 6.29. The van der Waals surface area contributed by atoms with Gasteiger partial charge in [-0.25, -0.2) is 9.97 Å². The van der Waals surface area contributed by atoms with Crippen molar-refractivity contribution < 1.29 is 4.74 Å². The van der Waals surface area contributed by atoms with E-state index in [0.717, 1.165) is 31.1 Å². The highest BCUT2D eigenvalue weighted by Gasteiger charge is 2.30. The molecule has 0 bridgehead atoms. The highest BCUT2D eigenvalue weighted by Crippen LogP contribution is 2.39. The van der Waals surface area contributed by atoms with Crippen LogP contribution < -0.4 is 5.32 Å². The summed E-state index contributed by atoms with van der Waals surface area (Å²) in [6, 6.07) is 2.21. The van der Waals surface area contributed by atoms with Gasteiger partial charge >= 0.3 is 0 Å². The van der Waals surface area contributed by atoms with Crippen molar-refractivity contribution in [1.29, 1.82) is 0 Å². The van der Waals surface area contributed by atoms with Crippen molar-refractivity contribution in [3.05, 3.63) is 17.0 Å². The molecule has 1 aliphatic carbocycles. The number of hydrogen-bond acceptors (Lipinski definition) is 4. The summed E-state index contributed by atoms with van der Waals surface area (Å²) >= 11 is 6.08. The van der Waals surface area contributed by atoms with Crippen LogP contribution in [0.1, 0.15) is 51.3 Å². The predicted molar refractivity (Wildman–Crippen MR) is 75.7 cm³/mol. The number of nitrogens with one attached hydrogen (secondary N) is 1. The second kappa shape index (κ2) is 4.91. The minimum absolute atomic E-state index is 0.0634. The first-order chi connectivity index (χ1) is 9.02. The van der Waals surface area contributed by atoms with Gasteiger partial charge in [-0.2, -0.15) is 0 Å². The molecule has 1 aromatic rings. The third kappa shape index (κ3) is 3.37. The zero-order valence-corrected chi connectivity index (χ0v) is 12.2. The summed E-state index contributed by atoms with van der Waals surface area (Å²) in [5, 5.41) is 4.02. The van der Waals surface area contributed by atoms with Gasteiger partial charge in [0.15, 0.2) is 0 Å². The van der Waals surface area contributed by atoms with Crippen LogP contribution in [0.15, 0.2) is 6.07 Å². The lowest BCUT2D eigenvalue weighted by atomic mass is 9.94. The average molecular weight is 282 g/mol. The Bertz CT molecular complexity index is 474. The quantitative estimate of drug-likeness (QED) is 0.863. The van der Waals surface area contributed by atoms with Crippen LogP contribution in [0.3, 0.4) is 0 Å². The third-order valence-corrected chi connectivity index (χ3v) is 3.90. The van der Waals surface area contributed by atoms with Crippen LogP contribution in [-0.2, 0) is 4.74 Å². The summed E-state index contributed by atoms with van der Waals surface area (Å²) in [6.45, 7) is 5.05. The first-order valence-electron chi connectivity index (χ1n) is 6.97. The Morgan fingerprint density at radius 3 is 2.79 bits per heavy atom. The maximum absolute atomic E-state index is 6.08. The Labute approximate surface area is 118 Å². The lowest BCUT2D eigenvalue weighted by Crippen LogP contribution is -2.40. The van der Waals surface area contributed by atoms with Crippen LogP contribution in [0.5, 0.6) is 0 Å². The molecule has 1 saturated carbocycles. The highest BCUT2D eigenvalue weighted by atomic mass is 35.5.